The lowest BCUT2D eigenvalue weighted by Gasteiger charge is -2.22. The molecule has 0 spiro atoms. The highest BCUT2D eigenvalue weighted by Crippen LogP contribution is 2.17. The van der Waals surface area contributed by atoms with E-state index >= 15 is 0 Å². The number of likely N-dealkylation sites (N-methyl/N-ethyl adjacent to an activating group) is 1. The molecule has 0 saturated carbocycles. The number of amides is 1. The SMILES string of the molecule is CCN1CCCC1CNC(=O)c1cc(S([NH3+])(=O)=O)ccc1F. The second kappa shape index (κ2) is 6.72. The van der Waals surface area contributed by atoms with Crippen LogP contribution in [0.3, 0.4) is 0 Å². The molecular formula is C14H21FN3O3S+. The lowest BCUT2D eigenvalue weighted by atomic mass is 10.1. The van der Waals surface area contributed by atoms with Gasteiger partial charge in [-0.25, -0.2) is 9.53 Å². The van der Waals surface area contributed by atoms with Gasteiger partial charge < -0.3 is 5.32 Å². The summed E-state index contributed by atoms with van der Waals surface area (Å²) in [5, 5.41) is 5.70. The predicted molar refractivity (Wildman–Crippen MR) is 79.1 cm³/mol. The van der Waals surface area contributed by atoms with Crippen LogP contribution in [0.15, 0.2) is 23.1 Å². The number of hydrogen-bond acceptors (Lipinski definition) is 4. The van der Waals surface area contributed by atoms with Crippen LogP contribution in [0.5, 0.6) is 0 Å². The molecule has 0 bridgehead atoms. The number of halogens is 1. The zero-order valence-electron chi connectivity index (χ0n) is 12.5. The highest BCUT2D eigenvalue weighted by molar-refractivity contribution is 7.84. The van der Waals surface area contributed by atoms with Crippen molar-refractivity contribution in [3.05, 3.63) is 29.6 Å². The summed E-state index contributed by atoms with van der Waals surface area (Å²) < 4.78 is 36.6. The van der Waals surface area contributed by atoms with Crippen molar-refractivity contribution in [2.75, 3.05) is 19.6 Å². The summed E-state index contributed by atoms with van der Waals surface area (Å²) in [5.74, 6) is -1.35. The number of hydrogen-bond donors (Lipinski definition) is 2. The highest BCUT2D eigenvalue weighted by atomic mass is 32.2. The molecule has 1 heterocycles. The fourth-order valence-corrected chi connectivity index (χ4v) is 3.29. The largest absolute Gasteiger partial charge is 0.350 e. The fourth-order valence-electron chi connectivity index (χ4n) is 2.72. The van der Waals surface area contributed by atoms with Crippen LogP contribution in [-0.4, -0.2) is 44.9 Å². The van der Waals surface area contributed by atoms with Gasteiger partial charge in [0.2, 0.25) is 0 Å². The molecule has 1 aromatic carbocycles. The number of sulfonamides is 1. The van der Waals surface area contributed by atoms with E-state index in [9.17, 15) is 17.6 Å². The van der Waals surface area contributed by atoms with E-state index in [0.29, 0.717) is 6.54 Å². The van der Waals surface area contributed by atoms with Gasteiger partial charge in [-0.15, -0.1) is 0 Å². The van der Waals surface area contributed by atoms with E-state index in [0.717, 1.165) is 44.1 Å². The Labute approximate surface area is 129 Å². The van der Waals surface area contributed by atoms with E-state index in [4.69, 9.17) is 0 Å². The monoisotopic (exact) mass is 330 g/mol. The summed E-state index contributed by atoms with van der Waals surface area (Å²) in [6, 6.07) is 3.35. The van der Waals surface area contributed by atoms with Crippen LogP contribution in [0.2, 0.25) is 0 Å². The number of rotatable bonds is 5. The third-order valence-corrected chi connectivity index (χ3v) is 4.92. The third kappa shape index (κ3) is 3.82. The zero-order valence-corrected chi connectivity index (χ0v) is 13.3. The smallest absolute Gasteiger partial charge is 0.322 e. The molecule has 1 saturated heterocycles. The molecule has 1 aliphatic heterocycles. The molecule has 1 aliphatic rings. The number of nitrogens with one attached hydrogen (secondary N) is 1. The van der Waals surface area contributed by atoms with Gasteiger partial charge in [0.15, 0.2) is 0 Å². The van der Waals surface area contributed by atoms with Crippen LogP contribution in [0.1, 0.15) is 30.1 Å². The number of likely N-dealkylation sites (tertiary alicyclic amines) is 1. The van der Waals surface area contributed by atoms with Gasteiger partial charge in [0, 0.05) is 12.6 Å². The number of quaternary nitrogens is 1. The quantitative estimate of drug-likeness (QED) is 0.793. The number of nitrogens with zero attached hydrogens (tertiary/aromatic N) is 1. The van der Waals surface area contributed by atoms with Gasteiger partial charge in [-0.05, 0) is 44.1 Å². The lowest BCUT2D eigenvalue weighted by Crippen LogP contribution is -2.56. The molecule has 0 aromatic heterocycles. The third-order valence-electron chi connectivity index (χ3n) is 3.95. The molecule has 0 aliphatic carbocycles. The van der Waals surface area contributed by atoms with Crippen molar-refractivity contribution in [3.63, 3.8) is 0 Å². The normalized spacial score (nSPS) is 19.3. The minimum atomic E-state index is -3.72. The molecule has 0 radical (unpaired) electrons. The zero-order chi connectivity index (χ0) is 16.3. The van der Waals surface area contributed by atoms with E-state index in [1.54, 1.807) is 0 Å². The van der Waals surface area contributed by atoms with Crippen molar-refractivity contribution in [2.45, 2.75) is 30.7 Å². The van der Waals surface area contributed by atoms with Crippen LogP contribution in [0.25, 0.3) is 0 Å². The standard InChI is InChI=1S/C14H20FN3O3S/c1-2-18-7-3-4-10(18)9-17-14(19)12-8-11(22(16,20)21)5-6-13(12)15/h5-6,8,10H,2-4,7,9H2,1H3,(H,17,19)(H2,16,20,21)/p+1. The molecule has 6 nitrogen and oxygen atoms in total. The predicted octanol–water partition coefficient (Wildman–Crippen LogP) is -0.0296. The Bertz CT molecular complexity index is 663. The summed E-state index contributed by atoms with van der Waals surface area (Å²) >= 11 is 0. The maximum atomic E-state index is 13.8. The van der Waals surface area contributed by atoms with Crippen molar-refractivity contribution in [1.29, 1.82) is 0 Å². The van der Waals surface area contributed by atoms with Crippen molar-refractivity contribution >= 4 is 15.9 Å². The molecule has 1 fully saturated rings. The number of benzene rings is 1. The van der Waals surface area contributed by atoms with E-state index in [2.05, 4.69) is 22.3 Å². The van der Waals surface area contributed by atoms with E-state index < -0.39 is 21.7 Å². The van der Waals surface area contributed by atoms with Gasteiger partial charge in [0.25, 0.3) is 5.91 Å². The molecule has 1 amide bonds. The highest BCUT2D eigenvalue weighted by Gasteiger charge is 2.24. The Morgan fingerprint density at radius 1 is 1.50 bits per heavy atom. The molecular weight excluding hydrogens is 309 g/mol. The second-order valence-electron chi connectivity index (χ2n) is 5.39. The Balaban J connectivity index is 2.09. The van der Waals surface area contributed by atoms with Crippen LogP contribution in [0.4, 0.5) is 4.39 Å². The summed E-state index contributed by atoms with van der Waals surface area (Å²) in [5.41, 5.74) is -0.272. The van der Waals surface area contributed by atoms with Crippen LogP contribution in [-0.2, 0) is 10.0 Å². The molecule has 1 aromatic rings. The fraction of sp³-hybridized carbons (Fsp3) is 0.500. The van der Waals surface area contributed by atoms with Crippen molar-refractivity contribution in [2.24, 2.45) is 0 Å². The summed E-state index contributed by atoms with van der Waals surface area (Å²) in [6.07, 6.45) is 2.07. The molecule has 4 N–H and O–H groups in total. The van der Waals surface area contributed by atoms with Gasteiger partial charge in [-0.3, -0.25) is 9.69 Å². The van der Waals surface area contributed by atoms with Crippen LogP contribution in [0, 0.1) is 5.82 Å². The molecule has 22 heavy (non-hydrogen) atoms. The number of carbonyl (C=O) groups excluding carboxylic acids is 1. The first-order valence-corrected chi connectivity index (χ1v) is 8.88. The van der Waals surface area contributed by atoms with Crippen LogP contribution < -0.4 is 10.5 Å². The van der Waals surface area contributed by atoms with Gasteiger partial charge in [-0.2, -0.15) is 8.42 Å². The van der Waals surface area contributed by atoms with Gasteiger partial charge in [0.05, 0.1) is 5.56 Å². The van der Waals surface area contributed by atoms with E-state index in [-0.39, 0.29) is 16.5 Å². The first-order valence-electron chi connectivity index (χ1n) is 7.23. The van der Waals surface area contributed by atoms with Crippen molar-refractivity contribution < 1.29 is 22.7 Å². The minimum Gasteiger partial charge on any atom is -0.350 e. The Morgan fingerprint density at radius 2 is 2.23 bits per heavy atom. The maximum absolute atomic E-state index is 13.8. The first kappa shape index (κ1) is 16.9. The van der Waals surface area contributed by atoms with Crippen molar-refractivity contribution in [3.8, 4) is 0 Å². The van der Waals surface area contributed by atoms with Gasteiger partial charge in [-0.1, -0.05) is 6.92 Å². The average Bonchev–Trinajstić information content (AvgIpc) is 2.91. The molecule has 122 valence electrons. The number of carbonyl (C=O) groups is 1. The molecule has 1 unspecified atom stereocenters. The molecule has 2 rings (SSSR count). The van der Waals surface area contributed by atoms with Gasteiger partial charge in [0.1, 0.15) is 10.7 Å². The van der Waals surface area contributed by atoms with E-state index in [1.807, 2.05) is 0 Å². The van der Waals surface area contributed by atoms with E-state index in [1.165, 1.54) is 0 Å². The Kier molecular flexibility index (Phi) is 5.15. The molecule has 1 atom stereocenters. The Hall–Kier alpha value is -1.51. The Morgan fingerprint density at radius 3 is 2.86 bits per heavy atom. The lowest BCUT2D eigenvalue weighted by molar-refractivity contribution is -0.164. The maximum Gasteiger partial charge on any atom is 0.322 e. The minimum absolute atomic E-state index is 0.171. The van der Waals surface area contributed by atoms with Gasteiger partial charge >= 0.3 is 10.0 Å². The molecule has 8 heteroatoms. The van der Waals surface area contributed by atoms with Crippen LogP contribution >= 0.6 is 0 Å². The second-order valence-corrected chi connectivity index (χ2v) is 7.09. The summed E-state index contributed by atoms with van der Waals surface area (Å²) in [4.78, 5) is 14.2. The topological polar surface area (TPSA) is 94.1 Å². The van der Waals surface area contributed by atoms with Crippen molar-refractivity contribution in [1.82, 2.24) is 10.2 Å². The summed E-state index contributed by atoms with van der Waals surface area (Å²) in [7, 11) is -3.72. The first-order chi connectivity index (χ1) is 10.3. The average molecular weight is 330 g/mol. The summed E-state index contributed by atoms with van der Waals surface area (Å²) in [6.45, 7) is 4.39.